The van der Waals surface area contributed by atoms with Gasteiger partial charge < -0.3 is 44.6 Å². The van der Waals surface area contributed by atoms with Crippen molar-refractivity contribution in [2.24, 2.45) is 56.2 Å². The first kappa shape index (κ1) is 59.2. The summed E-state index contributed by atoms with van der Waals surface area (Å²) in [5, 5.41) is 43.9. The number of ether oxygens (including phenoxy) is 2. The number of ketones is 3. The molecule has 12 heteroatoms. The van der Waals surface area contributed by atoms with Crippen molar-refractivity contribution in [2.45, 2.75) is 256 Å². The molecule has 16 atom stereocenters. The number of hydrogen-bond donors (Lipinski definition) is 6. The molecule has 4 aromatic rings. The number of hydrogen-bond acceptors (Lipinski definition) is 9. The van der Waals surface area contributed by atoms with Gasteiger partial charge in [-0.2, -0.15) is 0 Å². The minimum atomic E-state index is -1.04. The SMILES string of the molecule is CCCCCC1C(=O)C2=C3C(Cn4cc(C5C(=O)CCc6c5cc(C5CCCCC5)cc6C5(O)CCOCC5)c5[nH]cc(c54)CCC2(C)CC(O)C2OC2(C)C)C(O)C2C(C)(CCC4C(C)(CCNC)C(=O)C5c6cc[nH]c6C6CCC5(C6)C42C)C31C. The van der Waals surface area contributed by atoms with E-state index in [4.69, 9.17) is 9.47 Å². The fraction of sp³-hybridized carbons (Fsp3) is 0.720. The first-order valence-corrected chi connectivity index (χ1v) is 34.9. The largest absolute Gasteiger partial charge is 0.392 e. The lowest BCUT2D eigenvalue weighted by Crippen LogP contribution is -2.74. The number of fused-ring (bicyclic) bond motifs is 9. The molecule has 2 bridgehead atoms. The number of carbonyl (C=O) groups excluding carboxylic acids is 3. The molecule has 3 aliphatic heterocycles. The van der Waals surface area contributed by atoms with E-state index in [-0.39, 0.29) is 41.3 Å². The lowest BCUT2D eigenvalue weighted by Gasteiger charge is -2.76. The van der Waals surface area contributed by atoms with Gasteiger partial charge in [0.05, 0.1) is 46.3 Å². The zero-order valence-electron chi connectivity index (χ0n) is 54.0. The first-order valence-electron chi connectivity index (χ1n) is 34.9. The Balaban J connectivity index is 0.960. The van der Waals surface area contributed by atoms with E-state index < -0.39 is 67.7 Å². The van der Waals surface area contributed by atoms with Crippen LogP contribution in [0.15, 0.2) is 47.9 Å². The Morgan fingerprint density at radius 3 is 2.37 bits per heavy atom. The summed E-state index contributed by atoms with van der Waals surface area (Å²) in [5.41, 5.74) is 7.75. The van der Waals surface area contributed by atoms with Crippen LogP contribution in [-0.2, 0) is 48.8 Å². The average Bonchev–Trinajstić information content (AvgIpc) is 1.63. The molecule has 1 spiro atoms. The molecule has 7 fully saturated rings. The Labute approximate surface area is 516 Å². The summed E-state index contributed by atoms with van der Waals surface area (Å²) in [5.74, 6) is -0.515. The lowest BCUT2D eigenvalue weighted by molar-refractivity contribution is -0.271. The van der Waals surface area contributed by atoms with Gasteiger partial charge in [-0.15, -0.1) is 0 Å². The highest BCUT2D eigenvalue weighted by Gasteiger charge is 2.81. The van der Waals surface area contributed by atoms with Crippen molar-refractivity contribution in [3.63, 3.8) is 0 Å². The maximum atomic E-state index is 16.9. The molecular formula is C75H102N4O8. The lowest BCUT2D eigenvalue weighted by atomic mass is 9.27. The van der Waals surface area contributed by atoms with Crippen LogP contribution in [0.2, 0.25) is 0 Å². The number of H-pyrrole nitrogens is 2. The molecule has 6 heterocycles. The summed E-state index contributed by atoms with van der Waals surface area (Å²) >= 11 is 0. The topological polar surface area (TPSA) is 182 Å². The maximum absolute atomic E-state index is 16.9. The molecule has 470 valence electrons. The van der Waals surface area contributed by atoms with Gasteiger partial charge in [0, 0.05) is 97.1 Å². The Bertz CT molecular complexity index is 3480. The average molecular weight is 1190 g/mol. The number of aromatic amines is 2. The molecule has 11 aliphatic rings. The van der Waals surface area contributed by atoms with Gasteiger partial charge in [-0.05, 0) is 201 Å². The fourth-order valence-corrected chi connectivity index (χ4v) is 24.0. The van der Waals surface area contributed by atoms with E-state index in [9.17, 15) is 10.2 Å². The molecule has 12 nitrogen and oxygen atoms in total. The number of benzene rings is 1. The third kappa shape index (κ3) is 8.03. The van der Waals surface area contributed by atoms with Gasteiger partial charge in [-0.25, -0.2) is 0 Å². The number of nitrogens with zero attached hydrogens (tertiary/aromatic N) is 1. The molecule has 2 saturated heterocycles. The zero-order chi connectivity index (χ0) is 60.8. The number of rotatable bonds is 13. The van der Waals surface area contributed by atoms with Crippen LogP contribution in [0.1, 0.15) is 252 Å². The van der Waals surface area contributed by atoms with E-state index in [2.05, 4.69) is 112 Å². The second kappa shape index (κ2) is 20.4. The van der Waals surface area contributed by atoms with Crippen LogP contribution in [0.3, 0.4) is 0 Å². The molecule has 6 N–H and O–H groups in total. The number of aliphatic hydroxyl groups excluding tert-OH is 2. The van der Waals surface area contributed by atoms with Gasteiger partial charge in [-0.3, -0.25) is 14.4 Å². The molecular weight excluding hydrogens is 1080 g/mol. The van der Waals surface area contributed by atoms with Gasteiger partial charge in [0.2, 0.25) is 0 Å². The van der Waals surface area contributed by atoms with Crippen LogP contribution < -0.4 is 5.32 Å². The number of carbonyl (C=O) groups is 3. The van der Waals surface area contributed by atoms with Crippen LogP contribution >= 0.6 is 0 Å². The van der Waals surface area contributed by atoms with E-state index in [0.717, 1.165) is 134 Å². The summed E-state index contributed by atoms with van der Waals surface area (Å²) in [4.78, 5) is 56.1. The number of aromatic nitrogens is 3. The number of allylic oxidation sites excluding steroid dienone is 1. The molecule has 0 radical (unpaired) electrons. The summed E-state index contributed by atoms with van der Waals surface area (Å²) in [6.07, 6.45) is 22.8. The molecule has 15 rings (SSSR count). The van der Waals surface area contributed by atoms with Crippen LogP contribution in [0.4, 0.5) is 0 Å². The summed E-state index contributed by atoms with van der Waals surface area (Å²) in [6.45, 7) is 20.6. The van der Waals surface area contributed by atoms with Crippen molar-refractivity contribution >= 4 is 28.4 Å². The highest BCUT2D eigenvalue weighted by molar-refractivity contribution is 6.04. The second-order valence-electron chi connectivity index (χ2n) is 32.5. The van der Waals surface area contributed by atoms with Gasteiger partial charge >= 0.3 is 0 Å². The molecule has 0 amide bonds. The van der Waals surface area contributed by atoms with Gasteiger partial charge in [0.1, 0.15) is 17.7 Å². The van der Waals surface area contributed by atoms with Crippen molar-refractivity contribution in [2.75, 3.05) is 26.8 Å². The normalized spacial score (nSPS) is 40.3. The third-order valence-electron chi connectivity index (χ3n) is 28.3. The molecule has 1 aromatic carbocycles. The van der Waals surface area contributed by atoms with Crippen molar-refractivity contribution in [3.05, 3.63) is 92.6 Å². The Morgan fingerprint density at radius 2 is 1.63 bits per heavy atom. The quantitative estimate of drug-likeness (QED) is 0.0561. The monoisotopic (exact) mass is 1190 g/mol. The number of unbranched alkanes of at least 4 members (excludes halogenated alkanes) is 2. The summed E-state index contributed by atoms with van der Waals surface area (Å²) < 4.78 is 14.6. The minimum Gasteiger partial charge on any atom is -0.392 e. The number of nitrogens with one attached hydrogen (secondary N) is 3. The van der Waals surface area contributed by atoms with Crippen molar-refractivity contribution < 1.29 is 39.2 Å². The fourth-order valence-electron chi connectivity index (χ4n) is 24.0. The Hall–Kier alpha value is -4.17. The Morgan fingerprint density at radius 1 is 0.862 bits per heavy atom. The van der Waals surface area contributed by atoms with Gasteiger partial charge in [-0.1, -0.05) is 92.2 Å². The predicted octanol–water partition coefficient (Wildman–Crippen LogP) is 13.2. The minimum absolute atomic E-state index is 0.00119. The first-order chi connectivity index (χ1) is 41.5. The second-order valence-corrected chi connectivity index (χ2v) is 32.5. The van der Waals surface area contributed by atoms with Crippen molar-refractivity contribution in [1.29, 1.82) is 0 Å². The number of aliphatic hydroxyl groups is 3. The van der Waals surface area contributed by atoms with Crippen LogP contribution in [0, 0.1) is 56.2 Å². The van der Waals surface area contributed by atoms with Crippen LogP contribution in [-0.4, -0.2) is 97.9 Å². The maximum Gasteiger partial charge on any atom is 0.163 e. The van der Waals surface area contributed by atoms with E-state index in [1.165, 1.54) is 36.1 Å². The number of epoxide rings is 1. The van der Waals surface area contributed by atoms with Crippen LogP contribution in [0.5, 0.6) is 0 Å². The molecule has 16 unspecified atom stereocenters. The molecule has 5 saturated carbocycles. The Kier molecular flexibility index (Phi) is 13.9. The summed E-state index contributed by atoms with van der Waals surface area (Å²) in [7, 11) is 2.01. The predicted molar refractivity (Wildman–Crippen MR) is 338 cm³/mol. The highest BCUT2D eigenvalue weighted by atomic mass is 16.6. The van der Waals surface area contributed by atoms with Crippen molar-refractivity contribution in [1.82, 2.24) is 19.9 Å². The van der Waals surface area contributed by atoms with Crippen molar-refractivity contribution in [3.8, 4) is 0 Å². The number of Topliss-reactive ketones (excluding diaryl/α,β-unsaturated/α-hetero) is 3. The third-order valence-corrected chi connectivity index (χ3v) is 28.3. The van der Waals surface area contributed by atoms with E-state index >= 15 is 19.5 Å². The standard InChI is InChI=1S/C75H102N4O8/c1-10-11-13-18-51-64(83)59-57-50(63(82)65-71(6,72(51,57)7)26-23-55-70(5,28-32-76-9)66(84)58-47-24-31-77-60(47)43-22-27-74(58,37-43)73(55,65)8)41-79-40-49(61-62(79)44(39-78-61)21-25-69(59,4)38-54(81)67-68(2,3)87-67)56-48-35-45(42-16-14-12-15-17-42)36-52(46(48)19-20-53(56)80)75(85)29-33-86-34-30-75/h24,31,35-36,39-40,42-43,50-51,54-56,58,63,65,67,76-78,81-82,85H,10-23,25-30,32-34,37-38,41H2,1-9H3. The van der Waals surface area contributed by atoms with Crippen LogP contribution in [0.25, 0.3) is 11.0 Å². The van der Waals surface area contributed by atoms with Gasteiger partial charge in [0.25, 0.3) is 0 Å². The zero-order valence-corrected chi connectivity index (χ0v) is 54.0. The van der Waals surface area contributed by atoms with E-state index in [1.54, 1.807) is 0 Å². The van der Waals surface area contributed by atoms with E-state index in [1.807, 2.05) is 7.05 Å². The molecule has 8 aliphatic carbocycles. The van der Waals surface area contributed by atoms with E-state index in [0.29, 0.717) is 82.3 Å². The highest BCUT2D eigenvalue weighted by Crippen LogP contribution is 2.84. The number of aryl methyl sites for hydroxylation is 1. The smallest absolute Gasteiger partial charge is 0.163 e. The van der Waals surface area contributed by atoms with Gasteiger partial charge in [0.15, 0.2) is 5.78 Å². The summed E-state index contributed by atoms with van der Waals surface area (Å²) in [6, 6.07) is 6.94. The molecule has 87 heavy (non-hydrogen) atoms. The molecule has 3 aromatic heterocycles.